The highest BCUT2D eigenvalue weighted by Crippen LogP contribution is 2.33. The third-order valence-corrected chi connectivity index (χ3v) is 3.23. The summed E-state index contributed by atoms with van der Waals surface area (Å²) in [6, 6.07) is 8.73. The second-order valence-corrected chi connectivity index (χ2v) is 4.46. The SMILES string of the molecule is CC1(CN)CCc2ccccc2C1.Cl. The van der Waals surface area contributed by atoms with Crippen LogP contribution in [0.3, 0.4) is 0 Å². The maximum Gasteiger partial charge on any atom is -0.00199 e. The fraction of sp³-hybridized carbons (Fsp3) is 0.500. The number of hydrogen-bond donors (Lipinski definition) is 1. The zero-order chi connectivity index (χ0) is 9.31. The maximum absolute atomic E-state index is 5.79. The van der Waals surface area contributed by atoms with Crippen LogP contribution in [0.1, 0.15) is 24.5 Å². The van der Waals surface area contributed by atoms with Gasteiger partial charge in [0.1, 0.15) is 0 Å². The first kappa shape index (κ1) is 11.5. The Balaban J connectivity index is 0.000000980. The summed E-state index contributed by atoms with van der Waals surface area (Å²) in [5.41, 5.74) is 9.16. The van der Waals surface area contributed by atoms with Gasteiger partial charge in [0.25, 0.3) is 0 Å². The molecule has 1 unspecified atom stereocenters. The first-order chi connectivity index (χ1) is 6.23. The molecule has 2 N–H and O–H groups in total. The van der Waals surface area contributed by atoms with Crippen LogP contribution in [-0.4, -0.2) is 6.54 Å². The largest absolute Gasteiger partial charge is 0.330 e. The van der Waals surface area contributed by atoms with E-state index >= 15 is 0 Å². The number of fused-ring (bicyclic) bond motifs is 1. The summed E-state index contributed by atoms with van der Waals surface area (Å²) >= 11 is 0. The van der Waals surface area contributed by atoms with Crippen LogP contribution in [0.25, 0.3) is 0 Å². The van der Waals surface area contributed by atoms with Gasteiger partial charge in [-0.3, -0.25) is 0 Å². The number of hydrogen-bond acceptors (Lipinski definition) is 1. The molecule has 2 rings (SSSR count). The second kappa shape index (κ2) is 4.33. The van der Waals surface area contributed by atoms with Crippen molar-refractivity contribution in [2.24, 2.45) is 11.1 Å². The Morgan fingerprint density at radius 2 is 1.93 bits per heavy atom. The molecular weight excluding hydrogens is 194 g/mol. The van der Waals surface area contributed by atoms with Crippen LogP contribution >= 0.6 is 12.4 Å². The van der Waals surface area contributed by atoms with Crippen molar-refractivity contribution in [3.63, 3.8) is 0 Å². The van der Waals surface area contributed by atoms with Gasteiger partial charge >= 0.3 is 0 Å². The van der Waals surface area contributed by atoms with E-state index in [0.717, 1.165) is 13.0 Å². The van der Waals surface area contributed by atoms with E-state index in [1.807, 2.05) is 0 Å². The van der Waals surface area contributed by atoms with E-state index in [1.54, 1.807) is 0 Å². The van der Waals surface area contributed by atoms with Gasteiger partial charge in [-0.05, 0) is 42.3 Å². The van der Waals surface area contributed by atoms with Crippen molar-refractivity contribution in [3.05, 3.63) is 35.4 Å². The number of aryl methyl sites for hydroxylation is 1. The third kappa shape index (κ3) is 2.10. The number of rotatable bonds is 1. The molecule has 0 saturated carbocycles. The van der Waals surface area contributed by atoms with Gasteiger partial charge in [0, 0.05) is 0 Å². The Morgan fingerprint density at radius 3 is 2.57 bits per heavy atom. The standard InChI is InChI=1S/C12H17N.ClH/c1-12(9-13)7-6-10-4-2-3-5-11(10)8-12;/h2-5H,6-9,13H2,1H3;1H. The number of nitrogens with two attached hydrogens (primary N) is 1. The maximum atomic E-state index is 5.79. The van der Waals surface area contributed by atoms with Crippen molar-refractivity contribution >= 4 is 12.4 Å². The fourth-order valence-corrected chi connectivity index (χ4v) is 2.13. The van der Waals surface area contributed by atoms with E-state index in [1.165, 1.54) is 24.0 Å². The van der Waals surface area contributed by atoms with Crippen LogP contribution < -0.4 is 5.73 Å². The molecule has 1 nitrogen and oxygen atoms in total. The average molecular weight is 212 g/mol. The molecule has 0 amide bonds. The van der Waals surface area contributed by atoms with E-state index in [2.05, 4.69) is 31.2 Å². The van der Waals surface area contributed by atoms with Gasteiger partial charge < -0.3 is 5.73 Å². The molecule has 1 aromatic rings. The molecular formula is C12H18ClN. The van der Waals surface area contributed by atoms with Crippen LogP contribution in [0.2, 0.25) is 0 Å². The van der Waals surface area contributed by atoms with Gasteiger partial charge in [-0.1, -0.05) is 31.2 Å². The zero-order valence-corrected chi connectivity index (χ0v) is 9.44. The molecule has 0 aliphatic heterocycles. The lowest BCUT2D eigenvalue weighted by Gasteiger charge is -2.33. The summed E-state index contributed by atoms with van der Waals surface area (Å²) in [4.78, 5) is 0. The molecule has 0 radical (unpaired) electrons. The van der Waals surface area contributed by atoms with Gasteiger partial charge in [-0.25, -0.2) is 0 Å². The Labute approximate surface area is 92.1 Å². The van der Waals surface area contributed by atoms with Crippen molar-refractivity contribution in [2.45, 2.75) is 26.2 Å². The van der Waals surface area contributed by atoms with Crippen LogP contribution in [0, 0.1) is 5.41 Å². The Morgan fingerprint density at radius 1 is 1.29 bits per heavy atom. The topological polar surface area (TPSA) is 26.0 Å². The van der Waals surface area contributed by atoms with Gasteiger partial charge in [0.2, 0.25) is 0 Å². The van der Waals surface area contributed by atoms with E-state index in [-0.39, 0.29) is 12.4 Å². The normalized spacial score (nSPS) is 25.0. The molecule has 1 aliphatic carbocycles. The molecule has 14 heavy (non-hydrogen) atoms. The summed E-state index contributed by atoms with van der Waals surface area (Å²) in [5, 5.41) is 0. The Bertz CT molecular complexity index is 311. The van der Waals surface area contributed by atoms with E-state index in [0.29, 0.717) is 5.41 Å². The molecule has 0 saturated heterocycles. The highest BCUT2D eigenvalue weighted by atomic mass is 35.5. The van der Waals surface area contributed by atoms with Crippen molar-refractivity contribution in [3.8, 4) is 0 Å². The molecule has 2 heteroatoms. The minimum atomic E-state index is 0. The predicted octanol–water partition coefficient (Wildman–Crippen LogP) is 2.56. The second-order valence-electron chi connectivity index (χ2n) is 4.46. The monoisotopic (exact) mass is 211 g/mol. The van der Waals surface area contributed by atoms with Crippen LogP contribution in [0.15, 0.2) is 24.3 Å². The van der Waals surface area contributed by atoms with E-state index in [9.17, 15) is 0 Å². The Kier molecular flexibility index (Phi) is 3.57. The fourth-order valence-electron chi connectivity index (χ4n) is 2.13. The van der Waals surface area contributed by atoms with Crippen LogP contribution in [0.5, 0.6) is 0 Å². The molecule has 0 heterocycles. The van der Waals surface area contributed by atoms with Gasteiger partial charge in [-0.2, -0.15) is 0 Å². The first-order valence-corrected chi connectivity index (χ1v) is 5.00. The quantitative estimate of drug-likeness (QED) is 0.759. The lowest BCUT2D eigenvalue weighted by Crippen LogP contribution is -2.33. The molecule has 1 aromatic carbocycles. The molecule has 0 aromatic heterocycles. The molecule has 78 valence electrons. The lowest BCUT2D eigenvalue weighted by molar-refractivity contribution is 0.290. The molecule has 1 atom stereocenters. The lowest BCUT2D eigenvalue weighted by atomic mass is 9.73. The van der Waals surface area contributed by atoms with Crippen molar-refractivity contribution in [2.75, 3.05) is 6.54 Å². The van der Waals surface area contributed by atoms with Crippen molar-refractivity contribution in [1.29, 1.82) is 0 Å². The summed E-state index contributed by atoms with van der Waals surface area (Å²) < 4.78 is 0. The summed E-state index contributed by atoms with van der Waals surface area (Å²) in [7, 11) is 0. The highest BCUT2D eigenvalue weighted by Gasteiger charge is 2.27. The predicted molar refractivity (Wildman–Crippen MR) is 62.9 cm³/mol. The Hall–Kier alpha value is -0.530. The van der Waals surface area contributed by atoms with E-state index in [4.69, 9.17) is 5.73 Å². The van der Waals surface area contributed by atoms with Crippen LogP contribution in [-0.2, 0) is 12.8 Å². The van der Waals surface area contributed by atoms with Gasteiger partial charge in [0.15, 0.2) is 0 Å². The number of halogens is 1. The summed E-state index contributed by atoms with van der Waals surface area (Å²) in [5.74, 6) is 0. The third-order valence-electron chi connectivity index (χ3n) is 3.23. The average Bonchev–Trinajstić information content (AvgIpc) is 2.18. The molecule has 0 bridgehead atoms. The smallest absolute Gasteiger partial charge is 0.00199 e. The molecule has 0 spiro atoms. The van der Waals surface area contributed by atoms with Crippen molar-refractivity contribution < 1.29 is 0 Å². The first-order valence-electron chi connectivity index (χ1n) is 5.00. The van der Waals surface area contributed by atoms with Gasteiger partial charge in [0.05, 0.1) is 0 Å². The minimum Gasteiger partial charge on any atom is -0.330 e. The summed E-state index contributed by atoms with van der Waals surface area (Å²) in [6.07, 6.45) is 3.59. The van der Waals surface area contributed by atoms with Crippen molar-refractivity contribution in [1.82, 2.24) is 0 Å². The minimum absolute atomic E-state index is 0. The zero-order valence-electron chi connectivity index (χ0n) is 8.62. The molecule has 0 fully saturated rings. The van der Waals surface area contributed by atoms with E-state index < -0.39 is 0 Å². The number of benzene rings is 1. The van der Waals surface area contributed by atoms with Crippen LogP contribution in [0.4, 0.5) is 0 Å². The summed E-state index contributed by atoms with van der Waals surface area (Å²) in [6.45, 7) is 3.10. The highest BCUT2D eigenvalue weighted by molar-refractivity contribution is 5.85. The van der Waals surface area contributed by atoms with Gasteiger partial charge in [-0.15, -0.1) is 12.4 Å². The molecule has 1 aliphatic rings.